The van der Waals surface area contributed by atoms with Gasteiger partial charge in [0.25, 0.3) is 0 Å². The molecule has 0 saturated heterocycles. The van der Waals surface area contributed by atoms with Gasteiger partial charge in [-0.15, -0.1) is 0 Å². The van der Waals surface area contributed by atoms with E-state index in [-0.39, 0.29) is 0 Å². The van der Waals surface area contributed by atoms with Crippen LogP contribution in [-0.2, 0) is 0 Å². The second kappa shape index (κ2) is 8.29. The van der Waals surface area contributed by atoms with Crippen molar-refractivity contribution in [3.05, 3.63) is 91.0 Å². The van der Waals surface area contributed by atoms with E-state index in [1.165, 1.54) is 41.0 Å². The molecule has 0 aliphatic heterocycles. The maximum Gasteiger partial charge on any atom is 0.118 e. The molecule has 4 aromatic rings. The lowest BCUT2D eigenvalue weighted by atomic mass is 10.0. The number of benzene rings is 3. The summed E-state index contributed by atoms with van der Waals surface area (Å²) < 4.78 is 10.6. The Bertz CT molecular complexity index is 990. The van der Waals surface area contributed by atoms with Crippen LogP contribution < -0.4 is 9.47 Å². The Labute approximate surface area is 167 Å². The van der Waals surface area contributed by atoms with Gasteiger partial charge in [0.15, 0.2) is 0 Å². The fourth-order valence-electron chi connectivity index (χ4n) is 3.15. The predicted molar refractivity (Wildman–Crippen MR) is 118 cm³/mol. The molecule has 0 saturated carbocycles. The third kappa shape index (κ3) is 3.93. The van der Waals surface area contributed by atoms with Crippen molar-refractivity contribution >= 4 is 8.19 Å². The van der Waals surface area contributed by atoms with Gasteiger partial charge in [0.05, 0.1) is 14.2 Å². The minimum absolute atomic E-state index is 0.870. The Morgan fingerprint density at radius 2 is 0.964 bits per heavy atom. The molecule has 3 aromatic carbocycles. The first-order valence-corrected chi connectivity index (χ1v) is 10.0. The summed E-state index contributed by atoms with van der Waals surface area (Å²) in [5.41, 5.74) is 4.84. The highest BCUT2D eigenvalue weighted by Crippen LogP contribution is 2.41. The SMILES string of the molecule is COc1ccc(-c2cc(-c3ccccc3)cc(-c3ccc(OC)cc3)p2)cc1. The second-order valence-corrected chi connectivity index (χ2v) is 7.64. The average Bonchev–Trinajstić information content (AvgIpc) is 2.79. The Hall–Kier alpha value is -3.09. The molecule has 4 rings (SSSR count). The van der Waals surface area contributed by atoms with Crippen LogP contribution in [0.15, 0.2) is 91.0 Å². The molecule has 0 amide bonds. The number of hydrogen-bond donors (Lipinski definition) is 0. The lowest BCUT2D eigenvalue weighted by molar-refractivity contribution is 0.415. The highest BCUT2D eigenvalue weighted by Gasteiger charge is 2.08. The van der Waals surface area contributed by atoms with Crippen molar-refractivity contribution in [3.8, 4) is 44.3 Å². The Kier molecular flexibility index (Phi) is 5.41. The first-order chi connectivity index (χ1) is 13.8. The number of rotatable bonds is 5. The molecular weight excluding hydrogens is 363 g/mol. The molecule has 0 spiro atoms. The number of ether oxygens (including phenoxy) is 2. The Morgan fingerprint density at radius 1 is 0.500 bits per heavy atom. The van der Waals surface area contributed by atoms with Gasteiger partial charge in [-0.25, -0.2) is 0 Å². The molecule has 3 heteroatoms. The lowest BCUT2D eigenvalue weighted by Crippen LogP contribution is -1.85. The maximum absolute atomic E-state index is 5.31. The zero-order chi connectivity index (χ0) is 19.3. The molecule has 0 atom stereocenters. The Morgan fingerprint density at radius 3 is 1.39 bits per heavy atom. The molecule has 0 aliphatic carbocycles. The largest absolute Gasteiger partial charge is 0.497 e. The minimum Gasteiger partial charge on any atom is -0.497 e. The normalized spacial score (nSPS) is 10.5. The third-order valence-corrected chi connectivity index (χ3v) is 5.96. The first kappa shape index (κ1) is 18.3. The van der Waals surface area contributed by atoms with E-state index in [0.717, 1.165) is 11.5 Å². The van der Waals surface area contributed by atoms with E-state index in [1.807, 2.05) is 30.3 Å². The smallest absolute Gasteiger partial charge is 0.118 e. The van der Waals surface area contributed by atoms with E-state index in [2.05, 4.69) is 60.7 Å². The van der Waals surface area contributed by atoms with Crippen LogP contribution in [0.2, 0.25) is 0 Å². The van der Waals surface area contributed by atoms with Crippen LogP contribution in [0.1, 0.15) is 0 Å². The molecule has 28 heavy (non-hydrogen) atoms. The molecule has 0 unspecified atom stereocenters. The Balaban J connectivity index is 1.84. The van der Waals surface area contributed by atoms with E-state index >= 15 is 0 Å². The minimum atomic E-state index is 0.870. The van der Waals surface area contributed by atoms with Gasteiger partial charge >= 0.3 is 0 Å². The monoisotopic (exact) mass is 384 g/mol. The van der Waals surface area contributed by atoms with Crippen LogP contribution in [0.4, 0.5) is 0 Å². The van der Waals surface area contributed by atoms with Crippen LogP contribution in [0.25, 0.3) is 32.8 Å². The van der Waals surface area contributed by atoms with Crippen molar-refractivity contribution in [2.75, 3.05) is 14.2 Å². The van der Waals surface area contributed by atoms with Gasteiger partial charge < -0.3 is 9.47 Å². The summed E-state index contributed by atoms with van der Waals surface area (Å²) in [4.78, 5) is 0. The van der Waals surface area contributed by atoms with Crippen LogP contribution in [0.5, 0.6) is 11.5 Å². The lowest BCUT2D eigenvalue weighted by Gasteiger charge is -2.11. The fourth-order valence-corrected chi connectivity index (χ4v) is 4.37. The van der Waals surface area contributed by atoms with E-state index < -0.39 is 0 Å². The fraction of sp³-hybridized carbons (Fsp3) is 0.0800. The topological polar surface area (TPSA) is 18.5 Å². The molecular formula is C25H21O2P. The summed E-state index contributed by atoms with van der Waals surface area (Å²) >= 11 is 0. The summed E-state index contributed by atoms with van der Waals surface area (Å²) in [5, 5.41) is 2.55. The molecule has 0 aliphatic rings. The summed E-state index contributed by atoms with van der Waals surface area (Å²) in [7, 11) is 4.57. The van der Waals surface area contributed by atoms with E-state index in [4.69, 9.17) is 9.47 Å². The zero-order valence-corrected chi connectivity index (χ0v) is 16.8. The van der Waals surface area contributed by atoms with Gasteiger partial charge in [-0.1, -0.05) is 62.8 Å². The van der Waals surface area contributed by atoms with Gasteiger partial charge in [0, 0.05) is 10.6 Å². The van der Waals surface area contributed by atoms with Crippen LogP contribution in [-0.4, -0.2) is 14.2 Å². The van der Waals surface area contributed by atoms with Gasteiger partial charge in [0.1, 0.15) is 11.5 Å². The van der Waals surface area contributed by atoms with Crippen LogP contribution in [0, 0.1) is 0 Å². The molecule has 0 bridgehead atoms. The summed E-state index contributed by atoms with van der Waals surface area (Å²) in [6, 6.07) is 31.6. The van der Waals surface area contributed by atoms with Gasteiger partial charge in [-0.3, -0.25) is 0 Å². The van der Waals surface area contributed by atoms with Crippen molar-refractivity contribution < 1.29 is 9.47 Å². The average molecular weight is 384 g/mol. The molecule has 2 nitrogen and oxygen atoms in total. The zero-order valence-electron chi connectivity index (χ0n) is 15.9. The summed E-state index contributed by atoms with van der Waals surface area (Å²) in [6.45, 7) is 0. The predicted octanol–water partition coefficient (Wildman–Crippen LogP) is 7.28. The number of methoxy groups -OCH3 is 2. The molecule has 1 heterocycles. The van der Waals surface area contributed by atoms with E-state index in [0.29, 0.717) is 0 Å². The summed E-state index contributed by atoms with van der Waals surface area (Å²) in [6.07, 6.45) is 0. The quantitative estimate of drug-likeness (QED) is 0.360. The van der Waals surface area contributed by atoms with Gasteiger partial charge in [-0.2, -0.15) is 0 Å². The molecule has 1 aromatic heterocycles. The van der Waals surface area contributed by atoms with Gasteiger partial charge in [0.2, 0.25) is 0 Å². The second-order valence-electron chi connectivity index (χ2n) is 6.45. The van der Waals surface area contributed by atoms with Crippen molar-refractivity contribution in [3.63, 3.8) is 0 Å². The standard InChI is InChI=1S/C25H21O2P/c1-26-22-12-8-19(9-13-22)24-16-21(18-6-4-3-5-7-18)17-25(28-24)20-10-14-23(27-2)15-11-20/h3-17H,1-2H3. The molecule has 138 valence electrons. The summed E-state index contributed by atoms with van der Waals surface area (Å²) in [5.74, 6) is 1.74. The highest BCUT2D eigenvalue weighted by atomic mass is 31.0. The third-order valence-electron chi connectivity index (χ3n) is 4.70. The van der Waals surface area contributed by atoms with Crippen molar-refractivity contribution in [2.45, 2.75) is 0 Å². The van der Waals surface area contributed by atoms with Crippen molar-refractivity contribution in [1.29, 1.82) is 0 Å². The molecule has 0 N–H and O–H groups in total. The van der Waals surface area contributed by atoms with Crippen LogP contribution in [0.3, 0.4) is 0 Å². The van der Waals surface area contributed by atoms with Crippen molar-refractivity contribution in [2.24, 2.45) is 0 Å². The first-order valence-electron chi connectivity index (χ1n) is 9.13. The number of hydrogen-bond acceptors (Lipinski definition) is 2. The van der Waals surface area contributed by atoms with E-state index in [9.17, 15) is 0 Å². The maximum atomic E-state index is 5.31. The van der Waals surface area contributed by atoms with Crippen molar-refractivity contribution in [1.82, 2.24) is 0 Å². The van der Waals surface area contributed by atoms with Crippen LogP contribution >= 0.6 is 8.19 Å². The van der Waals surface area contributed by atoms with Gasteiger partial charge in [-0.05, 0) is 58.7 Å². The van der Waals surface area contributed by atoms with E-state index in [1.54, 1.807) is 14.2 Å². The highest BCUT2D eigenvalue weighted by molar-refractivity contribution is 7.37. The molecule has 0 radical (unpaired) electrons. The molecule has 0 fully saturated rings.